The zero-order valence-corrected chi connectivity index (χ0v) is 19.1. The number of fused-ring (bicyclic) bond motifs is 1. The first-order chi connectivity index (χ1) is 16.0. The van der Waals surface area contributed by atoms with E-state index in [1.807, 2.05) is 50.5 Å². The average molecular weight is 447 g/mol. The quantitative estimate of drug-likeness (QED) is 0.578. The summed E-state index contributed by atoms with van der Waals surface area (Å²) in [6.45, 7) is 2.81. The maximum atomic E-state index is 13.2. The average Bonchev–Trinajstić information content (AvgIpc) is 2.83. The maximum absolute atomic E-state index is 13.2. The SMILES string of the molecule is CN(C)Cc1ccc(C(=O)Nc2cccnc2C(=O)NCC2CCOCC2)c2ccccc12. The summed E-state index contributed by atoms with van der Waals surface area (Å²) in [5, 5.41) is 7.79. The lowest BCUT2D eigenvalue weighted by Crippen LogP contribution is -2.33. The molecular formula is C26H30N4O3. The molecule has 2 aromatic carbocycles. The predicted octanol–water partition coefficient (Wildman–Crippen LogP) is 3.71. The third-order valence-corrected chi connectivity index (χ3v) is 5.91. The number of nitrogens with zero attached hydrogens (tertiary/aromatic N) is 2. The highest BCUT2D eigenvalue weighted by atomic mass is 16.5. The minimum atomic E-state index is -0.288. The molecule has 0 bridgehead atoms. The van der Waals surface area contributed by atoms with E-state index in [9.17, 15) is 9.59 Å². The van der Waals surface area contributed by atoms with Gasteiger partial charge in [-0.3, -0.25) is 9.59 Å². The number of pyridine rings is 1. The van der Waals surface area contributed by atoms with Crippen LogP contribution in [-0.4, -0.2) is 55.6 Å². The van der Waals surface area contributed by atoms with E-state index in [1.54, 1.807) is 18.3 Å². The molecular weight excluding hydrogens is 416 g/mol. The standard InChI is InChI=1S/C26H30N4O3/c1-30(2)17-19-9-10-22(21-7-4-3-6-20(19)21)25(31)29-23-8-5-13-27-24(23)26(32)28-16-18-11-14-33-15-12-18/h3-10,13,18H,11-12,14-17H2,1-2H3,(H,28,32)(H,29,31). The lowest BCUT2D eigenvalue weighted by Gasteiger charge is -2.22. The molecule has 7 heteroatoms. The molecule has 0 aliphatic carbocycles. The Morgan fingerprint density at radius 3 is 2.52 bits per heavy atom. The van der Waals surface area contributed by atoms with Crippen molar-refractivity contribution in [2.24, 2.45) is 5.92 Å². The first kappa shape index (κ1) is 22.9. The van der Waals surface area contributed by atoms with Crippen LogP contribution in [0.3, 0.4) is 0 Å². The van der Waals surface area contributed by atoms with Crippen molar-refractivity contribution >= 4 is 28.3 Å². The van der Waals surface area contributed by atoms with Gasteiger partial charge in [0.2, 0.25) is 0 Å². The summed E-state index contributed by atoms with van der Waals surface area (Å²) in [6.07, 6.45) is 3.43. The molecule has 0 radical (unpaired) electrons. The highest BCUT2D eigenvalue weighted by Gasteiger charge is 2.20. The molecule has 1 aliphatic heterocycles. The van der Waals surface area contributed by atoms with Crippen LogP contribution in [0.5, 0.6) is 0 Å². The fourth-order valence-electron chi connectivity index (χ4n) is 4.19. The Hall–Kier alpha value is -3.29. The number of rotatable bonds is 7. The van der Waals surface area contributed by atoms with Gasteiger partial charge in [-0.25, -0.2) is 4.98 Å². The van der Waals surface area contributed by atoms with Crippen LogP contribution in [0, 0.1) is 5.92 Å². The molecule has 1 aliphatic rings. The highest BCUT2D eigenvalue weighted by Crippen LogP contribution is 2.25. The molecule has 7 nitrogen and oxygen atoms in total. The van der Waals surface area contributed by atoms with Crippen LogP contribution in [-0.2, 0) is 11.3 Å². The van der Waals surface area contributed by atoms with Crippen LogP contribution in [0.1, 0.15) is 39.3 Å². The smallest absolute Gasteiger partial charge is 0.272 e. The minimum absolute atomic E-state index is 0.214. The molecule has 2 heterocycles. The number of anilines is 1. The second-order valence-electron chi connectivity index (χ2n) is 8.68. The van der Waals surface area contributed by atoms with Gasteiger partial charge in [-0.15, -0.1) is 0 Å². The zero-order valence-electron chi connectivity index (χ0n) is 19.1. The van der Waals surface area contributed by atoms with Gasteiger partial charge >= 0.3 is 0 Å². The largest absolute Gasteiger partial charge is 0.381 e. The monoisotopic (exact) mass is 446 g/mol. The van der Waals surface area contributed by atoms with Crippen LogP contribution < -0.4 is 10.6 Å². The van der Waals surface area contributed by atoms with E-state index < -0.39 is 0 Å². The molecule has 0 unspecified atom stereocenters. The van der Waals surface area contributed by atoms with Gasteiger partial charge in [0.25, 0.3) is 11.8 Å². The Kier molecular flexibility index (Phi) is 7.32. The van der Waals surface area contributed by atoms with E-state index in [0.29, 0.717) is 23.7 Å². The van der Waals surface area contributed by atoms with E-state index in [2.05, 4.69) is 20.5 Å². The second-order valence-corrected chi connectivity index (χ2v) is 8.68. The van der Waals surface area contributed by atoms with E-state index >= 15 is 0 Å². The Balaban J connectivity index is 1.53. The van der Waals surface area contributed by atoms with E-state index in [-0.39, 0.29) is 17.5 Å². The molecule has 0 atom stereocenters. The topological polar surface area (TPSA) is 83.6 Å². The summed E-state index contributed by atoms with van der Waals surface area (Å²) in [5.74, 6) is -0.158. The lowest BCUT2D eigenvalue weighted by atomic mass is 9.98. The summed E-state index contributed by atoms with van der Waals surface area (Å²) in [5.41, 5.74) is 2.33. The summed E-state index contributed by atoms with van der Waals surface area (Å²) >= 11 is 0. The minimum Gasteiger partial charge on any atom is -0.381 e. The van der Waals surface area contributed by atoms with E-state index in [4.69, 9.17) is 4.74 Å². The van der Waals surface area contributed by atoms with Crippen molar-refractivity contribution in [1.29, 1.82) is 0 Å². The van der Waals surface area contributed by atoms with E-state index in [0.717, 1.165) is 48.9 Å². The van der Waals surface area contributed by atoms with Crippen molar-refractivity contribution in [3.63, 3.8) is 0 Å². The van der Waals surface area contributed by atoms with Crippen molar-refractivity contribution in [2.45, 2.75) is 19.4 Å². The normalized spacial score (nSPS) is 14.4. The van der Waals surface area contributed by atoms with Crippen LogP contribution in [0.15, 0.2) is 54.7 Å². The molecule has 172 valence electrons. The number of aromatic nitrogens is 1. The highest BCUT2D eigenvalue weighted by molar-refractivity contribution is 6.15. The van der Waals surface area contributed by atoms with Crippen LogP contribution in [0.25, 0.3) is 10.8 Å². The summed E-state index contributed by atoms with van der Waals surface area (Å²) in [4.78, 5) is 32.4. The number of benzene rings is 2. The molecule has 1 aromatic heterocycles. The predicted molar refractivity (Wildman–Crippen MR) is 129 cm³/mol. The van der Waals surface area contributed by atoms with Gasteiger partial charge in [-0.05, 0) is 67.4 Å². The second kappa shape index (κ2) is 10.6. The third-order valence-electron chi connectivity index (χ3n) is 5.91. The van der Waals surface area contributed by atoms with Crippen LogP contribution >= 0.6 is 0 Å². The van der Waals surface area contributed by atoms with Gasteiger partial charge in [0.15, 0.2) is 5.69 Å². The molecule has 2 amide bonds. The van der Waals surface area contributed by atoms with Gasteiger partial charge in [-0.2, -0.15) is 0 Å². The van der Waals surface area contributed by atoms with Crippen molar-refractivity contribution < 1.29 is 14.3 Å². The number of amides is 2. The summed E-state index contributed by atoms with van der Waals surface area (Å²) in [6, 6.07) is 15.1. The first-order valence-corrected chi connectivity index (χ1v) is 11.3. The number of carbonyl (C=O) groups is 2. The Morgan fingerprint density at radius 1 is 1.00 bits per heavy atom. The molecule has 0 spiro atoms. The first-order valence-electron chi connectivity index (χ1n) is 11.3. The maximum Gasteiger partial charge on any atom is 0.272 e. The number of carbonyl (C=O) groups excluding carboxylic acids is 2. The van der Waals surface area contributed by atoms with Gasteiger partial charge in [0.1, 0.15) is 0 Å². The Morgan fingerprint density at radius 2 is 1.76 bits per heavy atom. The Bertz CT molecular complexity index is 1140. The zero-order chi connectivity index (χ0) is 23.2. The van der Waals surface area contributed by atoms with Crippen LogP contribution in [0.4, 0.5) is 5.69 Å². The van der Waals surface area contributed by atoms with E-state index in [1.165, 1.54) is 0 Å². The fourth-order valence-corrected chi connectivity index (χ4v) is 4.19. The van der Waals surface area contributed by atoms with Gasteiger partial charge < -0.3 is 20.3 Å². The number of hydrogen-bond donors (Lipinski definition) is 2. The molecule has 0 saturated carbocycles. The van der Waals surface area contributed by atoms with Crippen molar-refractivity contribution in [2.75, 3.05) is 39.2 Å². The summed E-state index contributed by atoms with van der Waals surface area (Å²) in [7, 11) is 4.04. The fraction of sp³-hybridized carbons (Fsp3) is 0.346. The molecule has 1 fully saturated rings. The van der Waals surface area contributed by atoms with Crippen molar-refractivity contribution in [3.8, 4) is 0 Å². The molecule has 3 aromatic rings. The molecule has 1 saturated heterocycles. The molecule has 2 N–H and O–H groups in total. The summed E-state index contributed by atoms with van der Waals surface area (Å²) < 4.78 is 5.38. The van der Waals surface area contributed by atoms with Crippen molar-refractivity contribution in [1.82, 2.24) is 15.2 Å². The number of nitrogens with one attached hydrogen (secondary N) is 2. The van der Waals surface area contributed by atoms with Gasteiger partial charge in [-0.1, -0.05) is 30.3 Å². The van der Waals surface area contributed by atoms with Gasteiger partial charge in [0.05, 0.1) is 5.69 Å². The molecule has 4 rings (SSSR count). The third kappa shape index (κ3) is 5.56. The lowest BCUT2D eigenvalue weighted by molar-refractivity contribution is 0.0642. The Labute approximate surface area is 194 Å². The van der Waals surface area contributed by atoms with Gasteiger partial charge in [0, 0.05) is 38.1 Å². The number of ether oxygens (including phenoxy) is 1. The number of hydrogen-bond acceptors (Lipinski definition) is 5. The van der Waals surface area contributed by atoms with Crippen LogP contribution in [0.2, 0.25) is 0 Å². The van der Waals surface area contributed by atoms with Crippen molar-refractivity contribution in [3.05, 3.63) is 71.5 Å². The molecule has 33 heavy (non-hydrogen) atoms.